The number of nitrogens with zero attached hydrogens (tertiary/aromatic N) is 4. The Bertz CT molecular complexity index is 537. The van der Waals surface area contributed by atoms with Crippen LogP contribution in [0.5, 0.6) is 0 Å². The van der Waals surface area contributed by atoms with Crippen molar-refractivity contribution in [2.45, 2.75) is 25.8 Å². The molecule has 0 atom stereocenters. The number of hydrogen-bond acceptors (Lipinski definition) is 5. The van der Waals surface area contributed by atoms with E-state index in [1.807, 2.05) is 18.2 Å². The Labute approximate surface area is 119 Å². The van der Waals surface area contributed by atoms with Gasteiger partial charge in [0, 0.05) is 38.1 Å². The third-order valence-electron chi connectivity index (χ3n) is 3.56. The van der Waals surface area contributed by atoms with Crippen LogP contribution in [0.1, 0.15) is 24.8 Å². The van der Waals surface area contributed by atoms with Crippen molar-refractivity contribution in [2.75, 3.05) is 23.3 Å². The van der Waals surface area contributed by atoms with E-state index in [1.165, 1.54) is 24.8 Å². The summed E-state index contributed by atoms with van der Waals surface area (Å²) in [5.41, 5.74) is 1.19. The third kappa shape index (κ3) is 3.23. The van der Waals surface area contributed by atoms with Gasteiger partial charge in [-0.1, -0.05) is 0 Å². The van der Waals surface area contributed by atoms with Crippen molar-refractivity contribution >= 4 is 11.6 Å². The second-order valence-electron chi connectivity index (χ2n) is 5.02. The molecule has 1 aliphatic heterocycles. The first-order valence-electron chi connectivity index (χ1n) is 7.11. The first kappa shape index (κ1) is 12.8. The molecule has 1 aliphatic rings. The van der Waals surface area contributed by atoms with E-state index in [9.17, 15) is 0 Å². The summed E-state index contributed by atoms with van der Waals surface area (Å²) >= 11 is 0. The molecule has 20 heavy (non-hydrogen) atoms. The molecule has 0 spiro atoms. The zero-order chi connectivity index (χ0) is 13.6. The van der Waals surface area contributed by atoms with E-state index in [-0.39, 0.29) is 0 Å². The lowest BCUT2D eigenvalue weighted by atomic mass is 10.1. The molecule has 3 rings (SSSR count). The Morgan fingerprint density at radius 2 is 1.85 bits per heavy atom. The first-order chi connectivity index (χ1) is 9.92. The van der Waals surface area contributed by atoms with Crippen molar-refractivity contribution in [3.8, 4) is 0 Å². The van der Waals surface area contributed by atoms with Crippen molar-refractivity contribution in [3.05, 3.63) is 42.5 Å². The molecule has 0 unspecified atom stereocenters. The molecular formula is C15H19N5. The molecule has 0 radical (unpaired) electrons. The summed E-state index contributed by atoms with van der Waals surface area (Å²) in [6.45, 7) is 2.95. The van der Waals surface area contributed by atoms with Crippen molar-refractivity contribution in [1.82, 2.24) is 15.0 Å². The first-order valence-corrected chi connectivity index (χ1v) is 7.11. The maximum atomic E-state index is 4.38. The van der Waals surface area contributed by atoms with Crippen molar-refractivity contribution in [3.63, 3.8) is 0 Å². The van der Waals surface area contributed by atoms with Gasteiger partial charge in [-0.3, -0.25) is 4.98 Å². The highest BCUT2D eigenvalue weighted by Gasteiger charge is 2.12. The van der Waals surface area contributed by atoms with Gasteiger partial charge < -0.3 is 10.2 Å². The largest absolute Gasteiger partial charge is 0.366 e. The zero-order valence-corrected chi connectivity index (χ0v) is 11.5. The summed E-state index contributed by atoms with van der Waals surface area (Å²) in [4.78, 5) is 15.0. The molecule has 3 heterocycles. The number of rotatable bonds is 4. The minimum atomic E-state index is 0.749. The molecular weight excluding hydrogens is 250 g/mol. The van der Waals surface area contributed by atoms with E-state index >= 15 is 0 Å². The number of hydrogen-bond donors (Lipinski definition) is 1. The van der Waals surface area contributed by atoms with Crippen LogP contribution >= 0.6 is 0 Å². The molecule has 2 aromatic heterocycles. The van der Waals surface area contributed by atoms with E-state index in [1.54, 1.807) is 18.7 Å². The minimum Gasteiger partial charge on any atom is -0.366 e. The van der Waals surface area contributed by atoms with Gasteiger partial charge in [-0.05, 0) is 37.0 Å². The average Bonchev–Trinajstić information content (AvgIpc) is 2.55. The van der Waals surface area contributed by atoms with Gasteiger partial charge in [-0.25, -0.2) is 9.97 Å². The molecule has 1 fully saturated rings. The highest BCUT2D eigenvalue weighted by atomic mass is 15.2. The van der Waals surface area contributed by atoms with Gasteiger partial charge in [0.25, 0.3) is 0 Å². The van der Waals surface area contributed by atoms with E-state index in [4.69, 9.17) is 0 Å². The van der Waals surface area contributed by atoms with Crippen LogP contribution in [0, 0.1) is 0 Å². The van der Waals surface area contributed by atoms with Gasteiger partial charge in [-0.2, -0.15) is 0 Å². The number of piperidine rings is 1. The fourth-order valence-corrected chi connectivity index (χ4v) is 2.43. The molecule has 5 heteroatoms. The second-order valence-corrected chi connectivity index (χ2v) is 5.02. The maximum Gasteiger partial charge on any atom is 0.134 e. The summed E-state index contributed by atoms with van der Waals surface area (Å²) in [7, 11) is 0. The van der Waals surface area contributed by atoms with Gasteiger partial charge in [0.2, 0.25) is 0 Å². The van der Waals surface area contributed by atoms with Gasteiger partial charge in [0.1, 0.15) is 18.0 Å². The predicted octanol–water partition coefficient (Wildman–Crippen LogP) is 2.47. The van der Waals surface area contributed by atoms with Crippen LogP contribution in [-0.2, 0) is 6.54 Å². The monoisotopic (exact) mass is 269 g/mol. The fourth-order valence-electron chi connectivity index (χ4n) is 2.43. The summed E-state index contributed by atoms with van der Waals surface area (Å²) in [5, 5.41) is 3.33. The van der Waals surface area contributed by atoms with Crippen LogP contribution in [0.3, 0.4) is 0 Å². The number of anilines is 2. The molecule has 1 N–H and O–H groups in total. The molecule has 0 aliphatic carbocycles. The van der Waals surface area contributed by atoms with Gasteiger partial charge >= 0.3 is 0 Å². The molecule has 0 aromatic carbocycles. The molecule has 104 valence electrons. The molecule has 2 aromatic rings. The van der Waals surface area contributed by atoms with Crippen molar-refractivity contribution in [2.24, 2.45) is 0 Å². The normalized spacial score (nSPS) is 15.1. The smallest absolute Gasteiger partial charge is 0.134 e. The number of aromatic nitrogens is 3. The van der Waals surface area contributed by atoms with Gasteiger partial charge in [-0.15, -0.1) is 0 Å². The summed E-state index contributed by atoms with van der Waals surface area (Å²) < 4.78 is 0. The topological polar surface area (TPSA) is 53.9 Å². The van der Waals surface area contributed by atoms with Gasteiger partial charge in [0.15, 0.2) is 0 Å². The van der Waals surface area contributed by atoms with Crippen LogP contribution in [0.2, 0.25) is 0 Å². The Morgan fingerprint density at radius 3 is 2.65 bits per heavy atom. The standard InChI is InChI=1S/C15H19N5/c1-2-8-20(9-3-1)15-10-14(18-12-19-15)17-11-13-4-6-16-7-5-13/h4-7,10,12H,1-3,8-9,11H2,(H,17,18,19). The van der Waals surface area contributed by atoms with Crippen LogP contribution in [0.15, 0.2) is 36.9 Å². The predicted molar refractivity (Wildman–Crippen MR) is 79.7 cm³/mol. The zero-order valence-electron chi connectivity index (χ0n) is 11.5. The highest BCUT2D eigenvalue weighted by Crippen LogP contribution is 2.19. The quantitative estimate of drug-likeness (QED) is 0.924. The lowest BCUT2D eigenvalue weighted by Gasteiger charge is -2.27. The van der Waals surface area contributed by atoms with Crippen LogP contribution in [-0.4, -0.2) is 28.0 Å². The summed E-state index contributed by atoms with van der Waals surface area (Å²) in [6, 6.07) is 6.03. The SMILES string of the molecule is c1cc(CNc2cc(N3CCCCC3)ncn2)ccn1. The van der Waals surface area contributed by atoms with E-state index in [0.717, 1.165) is 31.3 Å². The second kappa shape index (κ2) is 6.32. The lowest BCUT2D eigenvalue weighted by molar-refractivity contribution is 0.573. The number of nitrogens with one attached hydrogen (secondary N) is 1. The summed E-state index contributed by atoms with van der Waals surface area (Å²) in [6.07, 6.45) is 9.08. The fraction of sp³-hybridized carbons (Fsp3) is 0.400. The molecule has 1 saturated heterocycles. The van der Waals surface area contributed by atoms with E-state index < -0.39 is 0 Å². The van der Waals surface area contributed by atoms with Gasteiger partial charge in [0.05, 0.1) is 0 Å². The van der Waals surface area contributed by atoms with E-state index in [0.29, 0.717) is 0 Å². The highest BCUT2D eigenvalue weighted by molar-refractivity contribution is 5.48. The Hall–Kier alpha value is -2.17. The van der Waals surface area contributed by atoms with Crippen molar-refractivity contribution in [1.29, 1.82) is 0 Å². The van der Waals surface area contributed by atoms with Crippen molar-refractivity contribution < 1.29 is 0 Å². The Balaban J connectivity index is 1.65. The molecule has 0 bridgehead atoms. The molecule has 0 amide bonds. The van der Waals surface area contributed by atoms with Crippen LogP contribution in [0.4, 0.5) is 11.6 Å². The number of pyridine rings is 1. The van der Waals surface area contributed by atoms with Crippen LogP contribution in [0.25, 0.3) is 0 Å². The Morgan fingerprint density at radius 1 is 1.05 bits per heavy atom. The molecule has 0 saturated carbocycles. The average molecular weight is 269 g/mol. The minimum absolute atomic E-state index is 0.749. The van der Waals surface area contributed by atoms with E-state index in [2.05, 4.69) is 25.2 Å². The lowest BCUT2D eigenvalue weighted by Crippen LogP contribution is -2.30. The third-order valence-corrected chi connectivity index (χ3v) is 3.56. The Kier molecular flexibility index (Phi) is 4.06. The summed E-state index contributed by atoms with van der Waals surface area (Å²) in [5.74, 6) is 1.90. The maximum absolute atomic E-state index is 4.38. The van der Waals surface area contributed by atoms with Crippen LogP contribution < -0.4 is 10.2 Å². The molecule has 5 nitrogen and oxygen atoms in total.